The van der Waals surface area contributed by atoms with Gasteiger partial charge >= 0.3 is 0 Å². The van der Waals surface area contributed by atoms with Gasteiger partial charge in [-0.1, -0.05) is 20.8 Å². The van der Waals surface area contributed by atoms with Crippen LogP contribution in [0.25, 0.3) is 0 Å². The second-order valence-corrected chi connectivity index (χ2v) is 6.05. The number of aliphatic hydroxyl groups excluding tert-OH is 1. The molecule has 1 aliphatic rings. The first-order chi connectivity index (χ1) is 8.01. The highest BCUT2D eigenvalue weighted by Crippen LogP contribution is 2.28. The molecule has 0 aliphatic carbocycles. The summed E-state index contributed by atoms with van der Waals surface area (Å²) in [5.41, 5.74) is 0.286. The number of nitrogens with zero attached hydrogens (tertiary/aromatic N) is 1. The summed E-state index contributed by atoms with van der Waals surface area (Å²) < 4.78 is 0. The molecule has 0 aromatic rings. The smallest absolute Gasteiger partial charge is 0.0445 e. The first kappa shape index (κ1) is 14.9. The van der Waals surface area contributed by atoms with Gasteiger partial charge in [0.05, 0.1) is 0 Å². The number of likely N-dealkylation sites (tertiary alicyclic amines) is 1. The first-order valence-corrected chi connectivity index (χ1v) is 7.09. The van der Waals surface area contributed by atoms with Crippen LogP contribution < -0.4 is 5.32 Å². The Morgan fingerprint density at radius 3 is 2.76 bits per heavy atom. The predicted octanol–water partition coefficient (Wildman–Crippen LogP) is 1.86. The molecule has 1 heterocycles. The molecule has 0 radical (unpaired) electrons. The number of nitrogens with one attached hydrogen (secondary N) is 1. The highest BCUT2D eigenvalue weighted by molar-refractivity contribution is 4.88. The Morgan fingerprint density at radius 1 is 1.47 bits per heavy atom. The Bertz CT molecular complexity index is 218. The van der Waals surface area contributed by atoms with Gasteiger partial charge in [0.15, 0.2) is 0 Å². The lowest BCUT2D eigenvalue weighted by atomic mass is 9.84. The van der Waals surface area contributed by atoms with Crippen molar-refractivity contribution in [2.24, 2.45) is 5.41 Å². The summed E-state index contributed by atoms with van der Waals surface area (Å²) in [5, 5.41) is 12.6. The van der Waals surface area contributed by atoms with E-state index in [9.17, 15) is 0 Å². The Hall–Kier alpha value is -0.120. The Morgan fingerprint density at radius 2 is 2.18 bits per heavy atom. The van der Waals surface area contributed by atoms with Gasteiger partial charge in [-0.2, -0.15) is 0 Å². The largest absolute Gasteiger partial charge is 0.396 e. The molecular weight excluding hydrogens is 212 g/mol. The van der Waals surface area contributed by atoms with Gasteiger partial charge < -0.3 is 10.4 Å². The lowest BCUT2D eigenvalue weighted by Gasteiger charge is -2.38. The lowest BCUT2D eigenvalue weighted by molar-refractivity contribution is 0.119. The van der Waals surface area contributed by atoms with Crippen LogP contribution in [-0.4, -0.2) is 48.3 Å². The molecule has 2 N–H and O–H groups in total. The van der Waals surface area contributed by atoms with Crippen LogP contribution >= 0.6 is 0 Å². The van der Waals surface area contributed by atoms with Crippen LogP contribution in [0.2, 0.25) is 0 Å². The SMILES string of the molecule is CCNC(C)C(C)(C)CN1CCCC1CCO. The van der Waals surface area contributed by atoms with Crippen molar-refractivity contribution < 1.29 is 5.11 Å². The van der Waals surface area contributed by atoms with Crippen LogP contribution in [0.4, 0.5) is 0 Å². The normalized spacial score (nSPS) is 24.2. The molecule has 0 bridgehead atoms. The molecule has 0 saturated carbocycles. The topological polar surface area (TPSA) is 35.5 Å². The van der Waals surface area contributed by atoms with E-state index in [0.717, 1.165) is 19.5 Å². The molecule has 102 valence electrons. The summed E-state index contributed by atoms with van der Waals surface area (Å²) >= 11 is 0. The third-order valence-electron chi connectivity index (χ3n) is 4.25. The summed E-state index contributed by atoms with van der Waals surface area (Å²) in [7, 11) is 0. The molecule has 17 heavy (non-hydrogen) atoms. The maximum Gasteiger partial charge on any atom is 0.0445 e. The zero-order valence-corrected chi connectivity index (χ0v) is 12.0. The zero-order chi connectivity index (χ0) is 12.9. The van der Waals surface area contributed by atoms with Gasteiger partial charge in [0.2, 0.25) is 0 Å². The summed E-state index contributed by atoms with van der Waals surface area (Å²) in [6.45, 7) is 12.8. The van der Waals surface area contributed by atoms with Crippen molar-refractivity contribution in [3.63, 3.8) is 0 Å². The third-order valence-corrected chi connectivity index (χ3v) is 4.25. The number of hydrogen-bond acceptors (Lipinski definition) is 3. The van der Waals surface area contributed by atoms with Gasteiger partial charge in [0.1, 0.15) is 0 Å². The zero-order valence-electron chi connectivity index (χ0n) is 12.0. The van der Waals surface area contributed by atoms with E-state index in [4.69, 9.17) is 5.11 Å². The molecule has 3 heteroatoms. The van der Waals surface area contributed by atoms with Gasteiger partial charge in [0.25, 0.3) is 0 Å². The minimum absolute atomic E-state index is 0.286. The second-order valence-electron chi connectivity index (χ2n) is 6.05. The van der Waals surface area contributed by atoms with E-state index >= 15 is 0 Å². The Kier molecular flexibility index (Phi) is 5.90. The maximum absolute atomic E-state index is 9.10. The molecular formula is C14H30N2O. The van der Waals surface area contributed by atoms with Crippen LogP contribution in [0, 0.1) is 5.41 Å². The van der Waals surface area contributed by atoms with E-state index in [1.54, 1.807) is 0 Å². The fraction of sp³-hybridized carbons (Fsp3) is 1.00. The van der Waals surface area contributed by atoms with Crippen molar-refractivity contribution in [3.8, 4) is 0 Å². The van der Waals surface area contributed by atoms with Crippen LogP contribution in [0.1, 0.15) is 47.0 Å². The van der Waals surface area contributed by atoms with Crippen LogP contribution in [0.5, 0.6) is 0 Å². The van der Waals surface area contributed by atoms with Crippen LogP contribution in [0.3, 0.4) is 0 Å². The van der Waals surface area contributed by atoms with E-state index in [1.165, 1.54) is 19.4 Å². The molecule has 0 aromatic carbocycles. The van der Waals surface area contributed by atoms with Crippen LogP contribution in [-0.2, 0) is 0 Å². The van der Waals surface area contributed by atoms with Gasteiger partial charge in [-0.25, -0.2) is 0 Å². The lowest BCUT2D eigenvalue weighted by Crippen LogP contribution is -2.48. The molecule has 1 fully saturated rings. The van der Waals surface area contributed by atoms with Gasteiger partial charge in [-0.3, -0.25) is 4.90 Å². The molecule has 1 saturated heterocycles. The molecule has 3 nitrogen and oxygen atoms in total. The summed E-state index contributed by atoms with van der Waals surface area (Å²) in [6, 6.07) is 1.14. The fourth-order valence-corrected chi connectivity index (χ4v) is 2.82. The minimum Gasteiger partial charge on any atom is -0.396 e. The van der Waals surface area contributed by atoms with Crippen molar-refractivity contribution in [3.05, 3.63) is 0 Å². The van der Waals surface area contributed by atoms with Crippen molar-refractivity contribution >= 4 is 0 Å². The third kappa shape index (κ3) is 4.23. The second kappa shape index (κ2) is 6.72. The monoisotopic (exact) mass is 242 g/mol. The van der Waals surface area contributed by atoms with Gasteiger partial charge in [-0.15, -0.1) is 0 Å². The maximum atomic E-state index is 9.10. The van der Waals surface area contributed by atoms with E-state index in [1.807, 2.05) is 0 Å². The number of rotatable bonds is 7. The predicted molar refractivity (Wildman–Crippen MR) is 73.2 cm³/mol. The van der Waals surface area contributed by atoms with Crippen molar-refractivity contribution in [2.45, 2.75) is 59.0 Å². The molecule has 0 spiro atoms. The molecule has 0 aromatic heterocycles. The van der Waals surface area contributed by atoms with Gasteiger partial charge in [-0.05, 0) is 44.7 Å². The van der Waals surface area contributed by atoms with E-state index in [0.29, 0.717) is 18.7 Å². The Balaban J connectivity index is 2.50. The van der Waals surface area contributed by atoms with Crippen LogP contribution in [0.15, 0.2) is 0 Å². The van der Waals surface area contributed by atoms with E-state index < -0.39 is 0 Å². The average Bonchev–Trinajstić information content (AvgIpc) is 2.66. The molecule has 2 atom stereocenters. The van der Waals surface area contributed by atoms with Crippen molar-refractivity contribution in [1.82, 2.24) is 10.2 Å². The fourth-order valence-electron chi connectivity index (χ4n) is 2.82. The van der Waals surface area contributed by atoms with Crippen molar-refractivity contribution in [1.29, 1.82) is 0 Å². The quantitative estimate of drug-likeness (QED) is 0.715. The summed E-state index contributed by atoms with van der Waals surface area (Å²) in [4.78, 5) is 2.57. The first-order valence-electron chi connectivity index (χ1n) is 7.09. The Labute approximate surface area is 107 Å². The summed E-state index contributed by atoms with van der Waals surface area (Å²) in [6.07, 6.45) is 3.48. The number of hydrogen-bond donors (Lipinski definition) is 2. The molecule has 1 rings (SSSR count). The molecule has 0 amide bonds. The molecule has 2 unspecified atom stereocenters. The van der Waals surface area contributed by atoms with Crippen molar-refractivity contribution in [2.75, 3.05) is 26.2 Å². The van der Waals surface area contributed by atoms with E-state index in [-0.39, 0.29) is 5.41 Å². The average molecular weight is 242 g/mol. The highest BCUT2D eigenvalue weighted by Gasteiger charge is 2.32. The van der Waals surface area contributed by atoms with Gasteiger partial charge in [0, 0.05) is 25.2 Å². The highest BCUT2D eigenvalue weighted by atomic mass is 16.3. The van der Waals surface area contributed by atoms with E-state index in [2.05, 4.69) is 37.9 Å². The summed E-state index contributed by atoms with van der Waals surface area (Å²) in [5.74, 6) is 0. The number of aliphatic hydroxyl groups is 1. The molecule has 1 aliphatic heterocycles. The standard InChI is InChI=1S/C14H30N2O/c1-5-15-12(2)14(3,4)11-16-9-6-7-13(16)8-10-17/h12-13,15,17H,5-11H2,1-4H3. The minimum atomic E-state index is 0.286.